The number of esters is 2. The van der Waals surface area contributed by atoms with Crippen LogP contribution in [0.25, 0.3) is 45.1 Å². The molecular formula is C48H30F3N3O6. The predicted molar refractivity (Wildman–Crippen MR) is 217 cm³/mol. The second-order valence-electron chi connectivity index (χ2n) is 14.1. The quantitative estimate of drug-likeness (QED) is 0.0619. The molecule has 0 bridgehead atoms. The lowest BCUT2D eigenvalue weighted by Gasteiger charge is -2.17. The zero-order valence-corrected chi connectivity index (χ0v) is 31.6. The first-order valence-electron chi connectivity index (χ1n) is 18.7. The van der Waals surface area contributed by atoms with Gasteiger partial charge >= 0.3 is 11.9 Å². The molecular weight excluding hydrogens is 772 g/mol. The van der Waals surface area contributed by atoms with Crippen LogP contribution in [0.15, 0.2) is 139 Å². The van der Waals surface area contributed by atoms with Crippen LogP contribution >= 0.6 is 0 Å². The van der Waals surface area contributed by atoms with Crippen LogP contribution in [0.5, 0.6) is 0 Å². The Morgan fingerprint density at radius 2 is 1.10 bits per heavy atom. The third-order valence-corrected chi connectivity index (χ3v) is 10.4. The van der Waals surface area contributed by atoms with Crippen LogP contribution in [-0.4, -0.2) is 37.6 Å². The molecule has 0 spiro atoms. The minimum Gasteiger partial charge on any atom is -0.457 e. The molecule has 60 heavy (non-hydrogen) atoms. The summed E-state index contributed by atoms with van der Waals surface area (Å²) in [5.74, 6) is -9.90. The number of fused-ring (bicyclic) bond motifs is 3. The van der Waals surface area contributed by atoms with Gasteiger partial charge < -0.3 is 14.0 Å². The maximum absolute atomic E-state index is 16.1. The van der Waals surface area contributed by atoms with Gasteiger partial charge in [-0.1, -0.05) is 103 Å². The van der Waals surface area contributed by atoms with Gasteiger partial charge in [0.1, 0.15) is 30.2 Å². The fraction of sp³-hybridized carbons (Fsp3) is 0.0625. The molecule has 0 fully saturated rings. The van der Waals surface area contributed by atoms with Crippen molar-refractivity contribution < 1.29 is 41.8 Å². The van der Waals surface area contributed by atoms with E-state index in [9.17, 15) is 19.2 Å². The van der Waals surface area contributed by atoms with E-state index in [1.807, 2.05) is 24.3 Å². The first-order chi connectivity index (χ1) is 29.1. The van der Waals surface area contributed by atoms with Gasteiger partial charge in [-0.25, -0.2) is 27.7 Å². The first-order valence-corrected chi connectivity index (χ1v) is 18.7. The first kappa shape index (κ1) is 37.7. The number of rotatable bonds is 9. The lowest BCUT2D eigenvalue weighted by molar-refractivity contribution is 0.0462. The zero-order valence-electron chi connectivity index (χ0n) is 31.6. The molecule has 0 amide bonds. The molecule has 12 heteroatoms. The fourth-order valence-corrected chi connectivity index (χ4v) is 7.47. The molecule has 9 nitrogen and oxygen atoms in total. The van der Waals surface area contributed by atoms with Gasteiger partial charge in [0.25, 0.3) is 0 Å². The van der Waals surface area contributed by atoms with Crippen molar-refractivity contribution >= 4 is 51.5 Å². The Morgan fingerprint density at radius 1 is 0.633 bits per heavy atom. The van der Waals surface area contributed by atoms with Gasteiger partial charge in [0.15, 0.2) is 34.7 Å². The Kier molecular flexibility index (Phi) is 9.52. The van der Waals surface area contributed by atoms with Crippen LogP contribution in [-0.2, 0) is 29.7 Å². The minimum atomic E-state index is -2.08. The van der Waals surface area contributed by atoms with E-state index >= 15 is 13.2 Å². The monoisotopic (exact) mass is 801 g/mol. The number of hydrogen-bond donors (Lipinski definition) is 0. The average Bonchev–Trinajstić information content (AvgIpc) is 3.87. The number of carbonyl (C=O) groups is 4. The summed E-state index contributed by atoms with van der Waals surface area (Å²) in [4.78, 5) is 60.2. The molecule has 0 N–H and O–H groups in total. The lowest BCUT2D eigenvalue weighted by atomic mass is 9.97. The van der Waals surface area contributed by atoms with Crippen LogP contribution in [0.3, 0.4) is 0 Å². The van der Waals surface area contributed by atoms with E-state index in [0.29, 0.717) is 28.0 Å². The number of para-hydroxylation sites is 1. The fourth-order valence-electron chi connectivity index (χ4n) is 7.47. The van der Waals surface area contributed by atoms with E-state index in [2.05, 4.69) is 0 Å². The summed E-state index contributed by atoms with van der Waals surface area (Å²) in [6.07, 6.45) is 1.46. The van der Waals surface area contributed by atoms with Crippen molar-refractivity contribution in [2.45, 2.75) is 13.2 Å². The number of ketones is 2. The molecule has 6 aromatic carbocycles. The summed E-state index contributed by atoms with van der Waals surface area (Å²) in [6.45, 7) is -0.718. The SMILES string of the molecule is Cn1c(-c2c(C(=O)OCc3ccccc3)c(F)c(F)c(F)c2C(=O)OCc2ccccc2)nc2c1cc(C=C1C(=O)c3cc4ccccc4cc3C1=O)n2-c1ccccc1. The van der Waals surface area contributed by atoms with Crippen LogP contribution in [0, 0.1) is 17.5 Å². The zero-order chi connectivity index (χ0) is 41.7. The Hall–Kier alpha value is -7.86. The Balaban J connectivity index is 1.23. The highest BCUT2D eigenvalue weighted by Crippen LogP contribution is 2.39. The number of ether oxygens (including phenoxy) is 2. The summed E-state index contributed by atoms with van der Waals surface area (Å²) >= 11 is 0. The Labute approximate surface area is 339 Å². The van der Waals surface area contributed by atoms with Gasteiger partial charge in [-0.2, -0.15) is 0 Å². The number of aryl methyl sites for hydroxylation is 1. The van der Waals surface area contributed by atoms with Crippen LogP contribution in [0.2, 0.25) is 0 Å². The van der Waals surface area contributed by atoms with Crippen molar-refractivity contribution in [2.24, 2.45) is 7.05 Å². The maximum Gasteiger partial charge on any atom is 0.342 e. The van der Waals surface area contributed by atoms with Crippen molar-refractivity contribution in [1.29, 1.82) is 0 Å². The molecule has 0 aliphatic heterocycles. The standard InChI is InChI=1S/C48H30F3N3O6/c1-53-36-24-32(23-35-43(55)33-21-29-17-11-12-18-30(29)22-34(33)44(35)56)54(31-19-9-4-10-20-31)45(36)52-46(53)37-38(47(57)59-25-27-13-5-2-6-14-27)40(49)42(51)41(50)39(37)48(58)60-26-28-15-7-3-8-16-28/h2-24H,25-26H2,1H3. The molecule has 294 valence electrons. The minimum absolute atomic E-state index is 0.0879. The maximum atomic E-state index is 16.1. The number of hydrogen-bond acceptors (Lipinski definition) is 7. The number of allylic oxidation sites excluding steroid dienone is 1. The van der Waals surface area contributed by atoms with E-state index < -0.39 is 57.6 Å². The third-order valence-electron chi connectivity index (χ3n) is 10.4. The average molecular weight is 802 g/mol. The van der Waals surface area contributed by atoms with Crippen molar-refractivity contribution in [3.63, 3.8) is 0 Å². The highest BCUT2D eigenvalue weighted by atomic mass is 19.2. The predicted octanol–water partition coefficient (Wildman–Crippen LogP) is 9.78. The number of benzene rings is 6. The van der Waals surface area contributed by atoms with Gasteiger partial charge in [-0.3, -0.25) is 14.2 Å². The van der Waals surface area contributed by atoms with E-state index in [4.69, 9.17) is 14.5 Å². The Morgan fingerprint density at radius 3 is 1.60 bits per heavy atom. The van der Waals surface area contributed by atoms with E-state index in [1.165, 1.54) is 17.7 Å². The molecule has 0 radical (unpaired) electrons. The molecule has 9 rings (SSSR count). The summed E-state index contributed by atoms with van der Waals surface area (Å²) in [5.41, 5.74) is -0.0607. The summed E-state index contributed by atoms with van der Waals surface area (Å²) < 4.78 is 61.7. The molecule has 1 aliphatic rings. The number of imidazole rings is 1. The van der Waals surface area contributed by atoms with Crippen molar-refractivity contribution in [3.05, 3.63) is 196 Å². The van der Waals surface area contributed by atoms with Gasteiger partial charge in [-0.15, -0.1) is 0 Å². The highest BCUT2D eigenvalue weighted by Gasteiger charge is 2.38. The normalized spacial score (nSPS) is 12.3. The van der Waals surface area contributed by atoms with E-state index in [1.54, 1.807) is 114 Å². The molecule has 2 aromatic heterocycles. The number of nitrogens with zero attached hydrogens (tertiary/aromatic N) is 3. The van der Waals surface area contributed by atoms with Crippen LogP contribution < -0.4 is 0 Å². The van der Waals surface area contributed by atoms with Crippen molar-refractivity contribution in [2.75, 3.05) is 0 Å². The van der Waals surface area contributed by atoms with Gasteiger partial charge in [-0.05, 0) is 58.3 Å². The molecule has 8 aromatic rings. The summed E-state index contributed by atoms with van der Waals surface area (Å²) in [5, 5.41) is 1.60. The van der Waals surface area contributed by atoms with E-state index in [-0.39, 0.29) is 41.4 Å². The van der Waals surface area contributed by atoms with Crippen molar-refractivity contribution in [1.82, 2.24) is 14.1 Å². The van der Waals surface area contributed by atoms with Gasteiger partial charge in [0.05, 0.1) is 22.3 Å². The van der Waals surface area contributed by atoms with Crippen LogP contribution in [0.4, 0.5) is 13.2 Å². The number of aromatic nitrogens is 3. The molecule has 0 unspecified atom stereocenters. The molecule has 0 saturated carbocycles. The summed E-state index contributed by atoms with van der Waals surface area (Å²) in [7, 11) is 1.47. The second-order valence-corrected chi connectivity index (χ2v) is 14.1. The number of halogens is 3. The third kappa shape index (κ3) is 6.44. The highest BCUT2D eigenvalue weighted by molar-refractivity contribution is 6.42. The van der Waals surface area contributed by atoms with Gasteiger partial charge in [0, 0.05) is 23.9 Å². The molecule has 0 atom stereocenters. The molecule has 1 aliphatic carbocycles. The lowest BCUT2D eigenvalue weighted by Crippen LogP contribution is -2.20. The largest absolute Gasteiger partial charge is 0.457 e. The number of Topliss-reactive ketones (excluding diaryl/α,β-unsaturated/α-hetero) is 2. The molecule has 2 heterocycles. The second kappa shape index (κ2) is 15.1. The smallest absolute Gasteiger partial charge is 0.342 e. The summed E-state index contributed by atoms with van der Waals surface area (Å²) in [6, 6.07) is 38.0. The Bertz CT molecular complexity index is 2960. The van der Waals surface area contributed by atoms with Gasteiger partial charge in [0.2, 0.25) is 0 Å². The topological polar surface area (TPSA) is 109 Å². The molecule has 0 saturated heterocycles. The number of carbonyl (C=O) groups excluding carboxylic acids is 4. The van der Waals surface area contributed by atoms with Crippen LogP contribution in [0.1, 0.15) is 58.3 Å². The van der Waals surface area contributed by atoms with E-state index in [0.717, 1.165) is 10.8 Å². The van der Waals surface area contributed by atoms with Crippen molar-refractivity contribution in [3.8, 4) is 17.1 Å².